The van der Waals surface area contributed by atoms with Crippen LogP contribution in [0.4, 0.5) is 17.6 Å². The first-order chi connectivity index (χ1) is 7.36. The Morgan fingerprint density at radius 1 is 0.938 bits per heavy atom. The average Bonchev–Trinajstić information content (AvgIpc) is 2.23. The lowest BCUT2D eigenvalue weighted by molar-refractivity contribution is 0.0611. The van der Waals surface area contributed by atoms with E-state index in [1.165, 1.54) is 0 Å². The molecule has 0 unspecified atom stereocenters. The maximum Gasteiger partial charge on any atom is 0.167 e. The lowest BCUT2D eigenvalue weighted by Gasteiger charge is -2.11. The van der Waals surface area contributed by atoms with Crippen LogP contribution in [0.15, 0.2) is 0 Å². The molecule has 1 aromatic carbocycles. The van der Waals surface area contributed by atoms with Gasteiger partial charge in [0, 0.05) is 5.56 Å². The molecule has 90 valence electrons. The predicted molar refractivity (Wildman–Crippen MR) is 50.9 cm³/mol. The fraction of sp³-hybridized carbons (Fsp3) is 0.455. The van der Waals surface area contributed by atoms with Gasteiger partial charge in [0.15, 0.2) is 23.3 Å². The van der Waals surface area contributed by atoms with Crippen LogP contribution in [0.5, 0.6) is 0 Å². The maximum absolute atomic E-state index is 13.3. The summed E-state index contributed by atoms with van der Waals surface area (Å²) in [7, 11) is 0. The molecule has 0 N–H and O–H groups in total. The first-order valence-electron chi connectivity index (χ1n) is 4.79. The minimum absolute atomic E-state index is 0.286. The van der Waals surface area contributed by atoms with E-state index >= 15 is 0 Å². The van der Waals surface area contributed by atoms with Crippen molar-refractivity contribution < 1.29 is 22.3 Å². The quantitative estimate of drug-likeness (QED) is 0.576. The third-order valence-corrected chi connectivity index (χ3v) is 2.13. The molecule has 1 rings (SSSR count). The molecule has 0 aliphatic heterocycles. The smallest absolute Gasteiger partial charge is 0.167 e. The molecule has 0 fully saturated rings. The Kier molecular flexibility index (Phi) is 3.91. The zero-order valence-electron chi connectivity index (χ0n) is 9.20. The summed E-state index contributed by atoms with van der Waals surface area (Å²) < 4.78 is 57.7. The Morgan fingerprint density at radius 3 is 1.75 bits per heavy atom. The standard InChI is InChI=1S/C11H12F4O/c1-5(2)16-4-7-10(14)8(12)6(3)9(13)11(7)15/h5H,4H2,1-3H3. The molecule has 0 bridgehead atoms. The maximum atomic E-state index is 13.3. The normalized spacial score (nSPS) is 11.2. The lowest BCUT2D eigenvalue weighted by atomic mass is 10.1. The van der Waals surface area contributed by atoms with E-state index in [1.54, 1.807) is 13.8 Å². The molecular formula is C11H12F4O. The van der Waals surface area contributed by atoms with Gasteiger partial charge in [0.05, 0.1) is 18.3 Å². The molecule has 0 aromatic heterocycles. The molecule has 0 saturated heterocycles. The number of benzene rings is 1. The summed E-state index contributed by atoms with van der Waals surface area (Å²) in [6.45, 7) is 3.78. The number of hydrogen-bond acceptors (Lipinski definition) is 1. The van der Waals surface area contributed by atoms with E-state index in [0.717, 1.165) is 6.92 Å². The molecule has 1 nitrogen and oxygen atoms in total. The summed E-state index contributed by atoms with van der Waals surface area (Å²) in [6.07, 6.45) is -0.286. The second-order valence-electron chi connectivity index (χ2n) is 3.72. The molecule has 0 amide bonds. The second-order valence-corrected chi connectivity index (χ2v) is 3.72. The Balaban J connectivity index is 3.18. The van der Waals surface area contributed by atoms with Crippen LogP contribution < -0.4 is 0 Å². The van der Waals surface area contributed by atoms with Gasteiger partial charge in [-0.1, -0.05) is 0 Å². The van der Waals surface area contributed by atoms with Gasteiger partial charge in [-0.25, -0.2) is 17.6 Å². The van der Waals surface area contributed by atoms with Crippen LogP contribution >= 0.6 is 0 Å². The molecule has 0 aliphatic rings. The minimum Gasteiger partial charge on any atom is -0.374 e. The molecule has 1 aromatic rings. The molecular weight excluding hydrogens is 224 g/mol. The Labute approximate surface area is 91.0 Å². The third-order valence-electron chi connectivity index (χ3n) is 2.13. The van der Waals surface area contributed by atoms with Crippen LogP contribution in [-0.2, 0) is 11.3 Å². The van der Waals surface area contributed by atoms with Crippen LogP contribution in [0.3, 0.4) is 0 Å². The number of hydrogen-bond donors (Lipinski definition) is 0. The Morgan fingerprint density at radius 2 is 1.38 bits per heavy atom. The average molecular weight is 236 g/mol. The van der Waals surface area contributed by atoms with E-state index in [9.17, 15) is 17.6 Å². The van der Waals surface area contributed by atoms with Crippen LogP contribution in [-0.4, -0.2) is 6.10 Å². The lowest BCUT2D eigenvalue weighted by Crippen LogP contribution is -2.10. The van der Waals surface area contributed by atoms with E-state index in [-0.39, 0.29) is 6.10 Å². The highest BCUT2D eigenvalue weighted by Gasteiger charge is 2.22. The molecule has 0 radical (unpaired) electrons. The van der Waals surface area contributed by atoms with Gasteiger partial charge in [-0.2, -0.15) is 0 Å². The van der Waals surface area contributed by atoms with E-state index in [1.807, 2.05) is 0 Å². The van der Waals surface area contributed by atoms with Gasteiger partial charge in [-0.3, -0.25) is 0 Å². The van der Waals surface area contributed by atoms with Gasteiger partial charge >= 0.3 is 0 Å². The third kappa shape index (κ3) is 2.35. The van der Waals surface area contributed by atoms with Crippen molar-refractivity contribution in [2.45, 2.75) is 33.5 Å². The first kappa shape index (κ1) is 13.0. The zero-order valence-corrected chi connectivity index (χ0v) is 9.20. The monoisotopic (exact) mass is 236 g/mol. The number of rotatable bonds is 3. The number of ether oxygens (including phenoxy) is 1. The van der Waals surface area contributed by atoms with E-state index in [0.29, 0.717) is 0 Å². The summed E-state index contributed by atoms with van der Waals surface area (Å²) >= 11 is 0. The highest BCUT2D eigenvalue weighted by Crippen LogP contribution is 2.24. The fourth-order valence-corrected chi connectivity index (χ4v) is 1.16. The zero-order chi connectivity index (χ0) is 12.5. The molecule has 5 heteroatoms. The highest BCUT2D eigenvalue weighted by atomic mass is 19.2. The van der Waals surface area contributed by atoms with Crippen molar-refractivity contribution in [3.63, 3.8) is 0 Å². The molecule has 0 heterocycles. The number of halogens is 4. The Hall–Kier alpha value is -1.10. The second kappa shape index (κ2) is 4.82. The summed E-state index contributed by atoms with van der Waals surface area (Å²) in [6, 6.07) is 0. The molecule has 0 saturated carbocycles. The van der Waals surface area contributed by atoms with Crippen molar-refractivity contribution in [2.75, 3.05) is 0 Å². The van der Waals surface area contributed by atoms with Crippen LogP contribution in [0, 0.1) is 30.2 Å². The van der Waals surface area contributed by atoms with Crippen molar-refractivity contribution in [1.29, 1.82) is 0 Å². The summed E-state index contributed by atoms with van der Waals surface area (Å²) in [4.78, 5) is 0. The first-order valence-corrected chi connectivity index (χ1v) is 4.79. The topological polar surface area (TPSA) is 9.23 Å². The summed E-state index contributed by atoms with van der Waals surface area (Å²) in [5.74, 6) is -5.53. The van der Waals surface area contributed by atoms with Gasteiger partial charge < -0.3 is 4.74 Å². The fourth-order valence-electron chi connectivity index (χ4n) is 1.16. The van der Waals surface area contributed by atoms with Crippen molar-refractivity contribution in [3.05, 3.63) is 34.4 Å². The molecule has 0 aliphatic carbocycles. The van der Waals surface area contributed by atoms with Gasteiger partial charge in [-0.05, 0) is 20.8 Å². The van der Waals surface area contributed by atoms with Gasteiger partial charge in [-0.15, -0.1) is 0 Å². The van der Waals surface area contributed by atoms with E-state index in [2.05, 4.69) is 0 Å². The van der Waals surface area contributed by atoms with Crippen molar-refractivity contribution in [1.82, 2.24) is 0 Å². The van der Waals surface area contributed by atoms with Crippen molar-refractivity contribution in [2.24, 2.45) is 0 Å². The highest BCUT2D eigenvalue weighted by molar-refractivity contribution is 5.28. The summed E-state index contributed by atoms with van der Waals surface area (Å²) in [5.41, 5.74) is -1.38. The summed E-state index contributed by atoms with van der Waals surface area (Å²) in [5, 5.41) is 0. The van der Waals surface area contributed by atoms with Crippen LogP contribution in [0.2, 0.25) is 0 Å². The molecule has 0 atom stereocenters. The predicted octanol–water partition coefficient (Wildman–Crippen LogP) is 3.48. The van der Waals surface area contributed by atoms with Crippen molar-refractivity contribution >= 4 is 0 Å². The van der Waals surface area contributed by atoms with E-state index < -0.39 is 41.0 Å². The Bertz CT molecular complexity index is 372. The van der Waals surface area contributed by atoms with Crippen LogP contribution in [0.1, 0.15) is 25.0 Å². The van der Waals surface area contributed by atoms with Gasteiger partial charge in [0.1, 0.15) is 0 Å². The van der Waals surface area contributed by atoms with E-state index in [4.69, 9.17) is 4.74 Å². The van der Waals surface area contributed by atoms with Gasteiger partial charge in [0.2, 0.25) is 0 Å². The molecule has 0 spiro atoms. The molecule has 16 heavy (non-hydrogen) atoms. The van der Waals surface area contributed by atoms with Gasteiger partial charge in [0.25, 0.3) is 0 Å². The van der Waals surface area contributed by atoms with Crippen molar-refractivity contribution in [3.8, 4) is 0 Å². The van der Waals surface area contributed by atoms with Crippen LogP contribution in [0.25, 0.3) is 0 Å². The SMILES string of the molecule is Cc1c(F)c(F)c(COC(C)C)c(F)c1F. The minimum atomic E-state index is -1.39. The largest absolute Gasteiger partial charge is 0.374 e.